The molecule has 2 fully saturated rings. The Kier molecular flexibility index (Phi) is 6.29. The molecule has 202 valence electrons. The number of hydrogen-bond donors (Lipinski definition) is 3. The monoisotopic (exact) mass is 559 g/mol. The molecule has 1 saturated heterocycles. The molecular weight excluding hydrogens is 539 g/mol. The lowest BCUT2D eigenvalue weighted by molar-refractivity contribution is -0.119. The Morgan fingerprint density at radius 3 is 2.41 bits per heavy atom. The first-order valence-electron chi connectivity index (χ1n) is 11.6. The van der Waals surface area contributed by atoms with Gasteiger partial charge in [0.15, 0.2) is 0 Å². The van der Waals surface area contributed by atoms with Crippen molar-refractivity contribution < 1.29 is 36.0 Å². The lowest BCUT2D eigenvalue weighted by Crippen LogP contribution is -2.35. The number of hydrogen-bond acceptors (Lipinski definition) is 6. The molecule has 2 heterocycles. The third-order valence-corrected chi connectivity index (χ3v) is 8.01. The summed E-state index contributed by atoms with van der Waals surface area (Å²) in [5.41, 5.74) is -5.36. The predicted molar refractivity (Wildman–Crippen MR) is 134 cm³/mol. The van der Waals surface area contributed by atoms with Gasteiger partial charge in [0.25, 0.3) is 15.7 Å². The van der Waals surface area contributed by atoms with Crippen LogP contribution >= 0.6 is 0 Å². The minimum Gasteiger partial charge on any atom is -0.322 e. The molecule has 1 spiro atoms. The fourth-order valence-corrected chi connectivity index (χ4v) is 5.24. The van der Waals surface area contributed by atoms with Crippen molar-refractivity contribution in [3.63, 3.8) is 0 Å². The highest BCUT2D eigenvalue weighted by Gasteiger charge is 2.67. The van der Waals surface area contributed by atoms with Crippen molar-refractivity contribution in [1.29, 1.82) is 0 Å². The molecule has 2 unspecified atom stereocenters. The number of aromatic nitrogens is 1. The Hall–Kier alpha value is -4.46. The van der Waals surface area contributed by atoms with Crippen LogP contribution < -0.4 is 20.9 Å². The molecule has 10 nitrogen and oxygen atoms in total. The van der Waals surface area contributed by atoms with Crippen molar-refractivity contribution in [2.45, 2.75) is 28.8 Å². The van der Waals surface area contributed by atoms with Gasteiger partial charge in [-0.15, -0.1) is 0 Å². The van der Waals surface area contributed by atoms with Gasteiger partial charge in [0.05, 0.1) is 10.6 Å². The van der Waals surface area contributed by atoms with Gasteiger partial charge in [-0.3, -0.25) is 10.1 Å². The van der Waals surface area contributed by atoms with Crippen LogP contribution in [0.3, 0.4) is 0 Å². The lowest BCUT2D eigenvalue weighted by Gasteiger charge is -2.14. The highest BCUT2D eigenvalue weighted by Crippen LogP contribution is 2.50. The number of halogens is 3. The second-order valence-corrected chi connectivity index (χ2v) is 11.0. The molecule has 5 amide bonds. The Balaban J connectivity index is 1.25. The van der Waals surface area contributed by atoms with Gasteiger partial charge in [0.2, 0.25) is 0 Å². The first kappa shape index (κ1) is 26.2. The van der Waals surface area contributed by atoms with E-state index in [1.54, 1.807) is 36.4 Å². The molecule has 1 saturated carbocycles. The van der Waals surface area contributed by atoms with Gasteiger partial charge in [-0.05, 0) is 72.9 Å². The molecule has 1 aliphatic heterocycles. The third-order valence-electron chi connectivity index (χ3n) is 6.51. The van der Waals surface area contributed by atoms with Crippen molar-refractivity contribution in [3.05, 3.63) is 78.5 Å². The summed E-state index contributed by atoms with van der Waals surface area (Å²) in [6.07, 6.45) is 2.20. The Morgan fingerprint density at radius 2 is 1.74 bits per heavy atom. The minimum absolute atomic E-state index is 0.0547. The van der Waals surface area contributed by atoms with Gasteiger partial charge in [-0.1, -0.05) is 18.2 Å². The predicted octanol–water partition coefficient (Wildman–Crippen LogP) is 4.08. The molecular formula is C25H20F3N5O5S. The van der Waals surface area contributed by atoms with E-state index >= 15 is 0 Å². The number of nitrogens with one attached hydrogen (secondary N) is 3. The van der Waals surface area contributed by atoms with Crippen LogP contribution in [0.5, 0.6) is 0 Å². The fraction of sp³-hybridized carbons (Fsp3) is 0.200. The minimum atomic E-state index is -5.56. The average Bonchev–Trinajstić information content (AvgIpc) is 3.49. The summed E-state index contributed by atoms with van der Waals surface area (Å²) in [5.74, 6) is -0.580. The van der Waals surface area contributed by atoms with E-state index in [1.807, 2.05) is 6.07 Å². The molecule has 5 rings (SSSR count). The number of alkyl halides is 3. The number of sulfone groups is 1. The number of urea groups is 2. The molecule has 39 heavy (non-hydrogen) atoms. The topological polar surface area (TPSA) is 138 Å². The number of amides is 5. The second kappa shape index (κ2) is 9.38. The molecule has 3 N–H and O–H groups in total. The number of carbonyl (C=O) groups excluding carboxylic acids is 3. The maximum atomic E-state index is 13.2. The standard InChI is InChI=1S/C25H20F3N5O5S/c26-25(27,28)39(37,38)19-8-6-18(7-9-19)33-21(34)24(32-23(33)36)14-16(24)12-15-10-11-29-20(13-15)31-22(35)30-17-4-2-1-3-5-17/h1-11,13,16H,12,14H2,(H,32,36)(H2,29,30,31,35). The van der Waals surface area contributed by atoms with Gasteiger partial charge < -0.3 is 10.6 Å². The first-order chi connectivity index (χ1) is 18.4. The van der Waals surface area contributed by atoms with Gasteiger partial charge in [0.1, 0.15) is 11.4 Å². The number of carbonyl (C=O) groups is 3. The van der Waals surface area contributed by atoms with E-state index < -0.39 is 43.7 Å². The zero-order valence-electron chi connectivity index (χ0n) is 19.9. The molecule has 14 heteroatoms. The largest absolute Gasteiger partial charge is 0.501 e. The van der Waals surface area contributed by atoms with E-state index in [9.17, 15) is 36.0 Å². The maximum Gasteiger partial charge on any atom is 0.501 e. The quantitative estimate of drug-likeness (QED) is 0.389. The number of imide groups is 1. The number of pyridine rings is 1. The highest BCUT2D eigenvalue weighted by atomic mass is 32.2. The lowest BCUT2D eigenvalue weighted by atomic mass is 10.1. The van der Waals surface area contributed by atoms with Crippen LogP contribution in [0.15, 0.2) is 77.8 Å². The zero-order valence-corrected chi connectivity index (χ0v) is 20.7. The van der Waals surface area contributed by atoms with Crippen molar-refractivity contribution >= 4 is 45.0 Å². The van der Waals surface area contributed by atoms with Crippen LogP contribution in [-0.4, -0.2) is 42.4 Å². The number of nitrogens with zero attached hydrogens (tertiary/aromatic N) is 2. The van der Waals surface area contributed by atoms with E-state index in [0.717, 1.165) is 22.6 Å². The van der Waals surface area contributed by atoms with Crippen LogP contribution in [0.4, 0.5) is 40.0 Å². The summed E-state index contributed by atoms with van der Waals surface area (Å²) in [6.45, 7) is 0. The Labute approximate surface area is 220 Å². The van der Waals surface area contributed by atoms with E-state index in [4.69, 9.17) is 0 Å². The highest BCUT2D eigenvalue weighted by molar-refractivity contribution is 7.92. The molecule has 2 aromatic carbocycles. The summed E-state index contributed by atoms with van der Waals surface area (Å²) in [7, 11) is -5.56. The van der Waals surface area contributed by atoms with E-state index in [-0.39, 0.29) is 17.4 Å². The Morgan fingerprint density at radius 1 is 1.05 bits per heavy atom. The van der Waals surface area contributed by atoms with Crippen molar-refractivity contribution in [3.8, 4) is 0 Å². The second-order valence-electron chi connectivity index (χ2n) is 9.08. The summed E-state index contributed by atoms with van der Waals surface area (Å²) in [5, 5.41) is 7.97. The normalized spacial score (nSPS) is 20.6. The number of anilines is 3. The maximum absolute atomic E-state index is 13.2. The number of para-hydroxylation sites is 1. The molecule has 1 aromatic heterocycles. The van der Waals surface area contributed by atoms with Crippen molar-refractivity contribution in [2.24, 2.45) is 5.92 Å². The van der Waals surface area contributed by atoms with Gasteiger partial charge in [-0.2, -0.15) is 13.2 Å². The zero-order chi connectivity index (χ0) is 28.0. The van der Waals surface area contributed by atoms with Gasteiger partial charge in [-0.25, -0.2) is 27.9 Å². The van der Waals surface area contributed by atoms with Crippen LogP contribution in [0, 0.1) is 5.92 Å². The summed E-state index contributed by atoms with van der Waals surface area (Å²) in [4.78, 5) is 42.0. The number of rotatable bonds is 6. The van der Waals surface area contributed by atoms with Crippen LogP contribution in [0.25, 0.3) is 0 Å². The molecule has 1 aliphatic carbocycles. The first-order valence-corrected chi connectivity index (χ1v) is 13.1. The number of benzene rings is 2. The summed E-state index contributed by atoms with van der Waals surface area (Å²) in [6, 6.07) is 14.3. The van der Waals surface area contributed by atoms with E-state index in [0.29, 0.717) is 30.7 Å². The summed E-state index contributed by atoms with van der Waals surface area (Å²) < 4.78 is 61.6. The van der Waals surface area contributed by atoms with Crippen LogP contribution in [0.2, 0.25) is 0 Å². The molecule has 2 aliphatic rings. The average molecular weight is 560 g/mol. The molecule has 2 atom stereocenters. The molecule has 0 bridgehead atoms. The smallest absolute Gasteiger partial charge is 0.322 e. The van der Waals surface area contributed by atoms with E-state index in [1.165, 1.54) is 6.20 Å². The van der Waals surface area contributed by atoms with Crippen LogP contribution in [-0.2, 0) is 21.1 Å². The van der Waals surface area contributed by atoms with E-state index in [2.05, 4.69) is 20.9 Å². The van der Waals surface area contributed by atoms with Gasteiger partial charge in [0, 0.05) is 11.9 Å². The third kappa shape index (κ3) is 4.90. The van der Waals surface area contributed by atoms with Crippen molar-refractivity contribution in [1.82, 2.24) is 10.3 Å². The summed E-state index contributed by atoms with van der Waals surface area (Å²) >= 11 is 0. The SMILES string of the molecule is O=C(Nc1ccccc1)Nc1cc(CC2CC23NC(=O)N(c2ccc(S(=O)(=O)C(F)(F)F)cc2)C3=O)ccn1. The molecule has 0 radical (unpaired) electrons. The van der Waals surface area contributed by atoms with Crippen LogP contribution in [0.1, 0.15) is 12.0 Å². The molecule has 3 aromatic rings. The van der Waals surface area contributed by atoms with Crippen molar-refractivity contribution in [2.75, 3.05) is 15.5 Å². The fourth-order valence-electron chi connectivity index (χ4n) is 4.48. The van der Waals surface area contributed by atoms with Gasteiger partial charge >= 0.3 is 17.6 Å². The Bertz CT molecular complexity index is 1560.